The number of hydrogen-bond donors (Lipinski definition) is 1. The summed E-state index contributed by atoms with van der Waals surface area (Å²) in [6, 6.07) is 9.14. The third-order valence-electron chi connectivity index (χ3n) is 2.36. The first-order chi connectivity index (χ1) is 9.06. The minimum Gasteiger partial charge on any atom is -0.267 e. The van der Waals surface area contributed by atoms with Crippen molar-refractivity contribution in [3.8, 4) is 0 Å². The lowest BCUT2D eigenvalue weighted by Gasteiger charge is -2.01. The van der Waals surface area contributed by atoms with E-state index in [1.54, 1.807) is 0 Å². The van der Waals surface area contributed by atoms with Gasteiger partial charge in [-0.25, -0.2) is 9.82 Å². The third-order valence-corrected chi connectivity index (χ3v) is 4.09. The fourth-order valence-electron chi connectivity index (χ4n) is 1.36. The normalized spacial score (nSPS) is 11.4. The van der Waals surface area contributed by atoms with Gasteiger partial charge < -0.3 is 0 Å². The SMILES string of the molecule is C/C(=N\NC(=O)c1ccc(F)cc1)c1ccc(Br)s1. The molecular formula is C13H10BrFN2OS. The molecule has 1 aromatic carbocycles. The van der Waals surface area contributed by atoms with Gasteiger partial charge in [-0.15, -0.1) is 11.3 Å². The molecule has 1 heterocycles. The van der Waals surface area contributed by atoms with E-state index in [2.05, 4.69) is 26.5 Å². The average Bonchev–Trinajstić information content (AvgIpc) is 2.83. The third kappa shape index (κ3) is 3.71. The molecular weight excluding hydrogens is 331 g/mol. The van der Waals surface area contributed by atoms with Crippen LogP contribution in [0.5, 0.6) is 0 Å². The molecule has 0 fully saturated rings. The number of hydrazone groups is 1. The van der Waals surface area contributed by atoms with Crippen molar-refractivity contribution in [2.75, 3.05) is 0 Å². The zero-order valence-electron chi connectivity index (χ0n) is 9.98. The maximum Gasteiger partial charge on any atom is 0.271 e. The summed E-state index contributed by atoms with van der Waals surface area (Å²) in [7, 11) is 0. The average molecular weight is 341 g/mol. The lowest BCUT2D eigenvalue weighted by Crippen LogP contribution is -2.19. The summed E-state index contributed by atoms with van der Waals surface area (Å²) in [5.74, 6) is -0.741. The molecule has 2 aromatic rings. The fourth-order valence-corrected chi connectivity index (χ4v) is 2.70. The highest BCUT2D eigenvalue weighted by atomic mass is 79.9. The van der Waals surface area contributed by atoms with E-state index < -0.39 is 0 Å². The number of carbonyl (C=O) groups excluding carboxylic acids is 1. The van der Waals surface area contributed by atoms with Gasteiger partial charge in [0.25, 0.3) is 5.91 Å². The molecule has 0 radical (unpaired) electrons. The van der Waals surface area contributed by atoms with Gasteiger partial charge in [0.15, 0.2) is 0 Å². The van der Waals surface area contributed by atoms with Crippen LogP contribution in [0, 0.1) is 5.82 Å². The lowest BCUT2D eigenvalue weighted by atomic mass is 10.2. The van der Waals surface area contributed by atoms with E-state index in [4.69, 9.17) is 0 Å². The Labute approximate surface area is 122 Å². The molecule has 2 rings (SSSR count). The van der Waals surface area contributed by atoms with Crippen LogP contribution >= 0.6 is 27.3 Å². The van der Waals surface area contributed by atoms with Crippen LogP contribution in [0.3, 0.4) is 0 Å². The predicted molar refractivity (Wildman–Crippen MR) is 78.1 cm³/mol. The molecule has 1 aromatic heterocycles. The summed E-state index contributed by atoms with van der Waals surface area (Å²) < 4.78 is 13.7. The van der Waals surface area contributed by atoms with Gasteiger partial charge in [0.05, 0.1) is 14.4 Å². The monoisotopic (exact) mass is 340 g/mol. The van der Waals surface area contributed by atoms with Crippen LogP contribution in [-0.4, -0.2) is 11.6 Å². The zero-order chi connectivity index (χ0) is 13.8. The number of halogens is 2. The van der Waals surface area contributed by atoms with Crippen molar-refractivity contribution in [3.63, 3.8) is 0 Å². The highest BCUT2D eigenvalue weighted by molar-refractivity contribution is 9.11. The minimum atomic E-state index is -0.375. The van der Waals surface area contributed by atoms with E-state index in [1.165, 1.54) is 35.6 Å². The summed E-state index contributed by atoms with van der Waals surface area (Å²) in [5.41, 5.74) is 3.52. The summed E-state index contributed by atoms with van der Waals surface area (Å²) in [4.78, 5) is 12.7. The van der Waals surface area contributed by atoms with Crippen molar-refractivity contribution in [1.29, 1.82) is 0 Å². The highest BCUT2D eigenvalue weighted by Gasteiger charge is 2.06. The summed E-state index contributed by atoms with van der Waals surface area (Å²) in [5, 5.41) is 4.02. The topological polar surface area (TPSA) is 41.5 Å². The summed E-state index contributed by atoms with van der Waals surface area (Å²) in [6.07, 6.45) is 0. The van der Waals surface area contributed by atoms with E-state index in [0.717, 1.165) is 8.66 Å². The molecule has 0 aliphatic heterocycles. The van der Waals surface area contributed by atoms with Gasteiger partial charge in [-0.1, -0.05) is 0 Å². The maximum atomic E-state index is 12.7. The number of nitrogens with one attached hydrogen (secondary N) is 1. The molecule has 0 unspecified atom stereocenters. The number of rotatable bonds is 3. The second kappa shape index (κ2) is 6.08. The van der Waals surface area contributed by atoms with Crippen LogP contribution in [0.25, 0.3) is 0 Å². The van der Waals surface area contributed by atoms with Crippen LogP contribution in [0.1, 0.15) is 22.2 Å². The molecule has 0 aliphatic rings. The summed E-state index contributed by atoms with van der Waals surface area (Å²) in [6.45, 7) is 1.81. The van der Waals surface area contributed by atoms with Crippen LogP contribution in [0.2, 0.25) is 0 Å². The van der Waals surface area contributed by atoms with Crippen LogP contribution < -0.4 is 5.43 Å². The van der Waals surface area contributed by atoms with Crippen LogP contribution in [-0.2, 0) is 0 Å². The molecule has 1 amide bonds. The van der Waals surface area contributed by atoms with Gasteiger partial charge in [-0.05, 0) is 59.3 Å². The van der Waals surface area contributed by atoms with Crippen LogP contribution in [0.15, 0.2) is 45.3 Å². The lowest BCUT2D eigenvalue weighted by molar-refractivity contribution is 0.0955. The van der Waals surface area contributed by atoms with Crippen molar-refractivity contribution in [2.24, 2.45) is 5.10 Å². The Hall–Kier alpha value is -1.53. The molecule has 0 atom stereocenters. The molecule has 0 aliphatic carbocycles. The van der Waals surface area contributed by atoms with E-state index in [-0.39, 0.29) is 11.7 Å². The van der Waals surface area contributed by atoms with E-state index in [9.17, 15) is 9.18 Å². The predicted octanol–water partition coefficient (Wildman–Crippen LogP) is 3.80. The second-order valence-electron chi connectivity index (χ2n) is 3.75. The molecule has 0 saturated heterocycles. The first-order valence-electron chi connectivity index (χ1n) is 5.42. The minimum absolute atomic E-state index is 0.366. The van der Waals surface area contributed by atoms with Gasteiger partial charge in [0.2, 0.25) is 0 Å². The Balaban J connectivity index is 2.05. The Morgan fingerprint density at radius 3 is 2.53 bits per heavy atom. The van der Waals surface area contributed by atoms with Crippen molar-refractivity contribution in [3.05, 3.63) is 56.4 Å². The van der Waals surface area contributed by atoms with E-state index >= 15 is 0 Å². The first-order valence-corrected chi connectivity index (χ1v) is 7.03. The molecule has 6 heteroatoms. The number of hydrogen-bond acceptors (Lipinski definition) is 3. The number of nitrogens with zero attached hydrogens (tertiary/aromatic N) is 1. The number of thiophene rings is 1. The molecule has 19 heavy (non-hydrogen) atoms. The molecule has 0 saturated carbocycles. The van der Waals surface area contributed by atoms with E-state index in [1.807, 2.05) is 19.1 Å². The van der Waals surface area contributed by atoms with Gasteiger partial charge in [0.1, 0.15) is 5.82 Å². The Kier molecular flexibility index (Phi) is 4.44. The van der Waals surface area contributed by atoms with Gasteiger partial charge in [-0.3, -0.25) is 4.79 Å². The molecule has 1 N–H and O–H groups in total. The Morgan fingerprint density at radius 2 is 1.95 bits per heavy atom. The van der Waals surface area contributed by atoms with Crippen molar-refractivity contribution in [2.45, 2.75) is 6.92 Å². The van der Waals surface area contributed by atoms with Gasteiger partial charge >= 0.3 is 0 Å². The van der Waals surface area contributed by atoms with Crippen molar-refractivity contribution < 1.29 is 9.18 Å². The Morgan fingerprint density at radius 1 is 1.26 bits per heavy atom. The number of benzene rings is 1. The summed E-state index contributed by atoms with van der Waals surface area (Å²) >= 11 is 4.89. The number of amides is 1. The van der Waals surface area contributed by atoms with Crippen molar-refractivity contribution in [1.82, 2.24) is 5.43 Å². The quantitative estimate of drug-likeness (QED) is 0.670. The van der Waals surface area contributed by atoms with Crippen molar-refractivity contribution >= 4 is 38.9 Å². The molecule has 98 valence electrons. The van der Waals surface area contributed by atoms with Gasteiger partial charge in [-0.2, -0.15) is 5.10 Å². The van der Waals surface area contributed by atoms with E-state index in [0.29, 0.717) is 11.3 Å². The van der Waals surface area contributed by atoms with Gasteiger partial charge in [0, 0.05) is 5.56 Å². The van der Waals surface area contributed by atoms with Crippen LogP contribution in [0.4, 0.5) is 4.39 Å². The number of carbonyl (C=O) groups is 1. The maximum absolute atomic E-state index is 12.7. The molecule has 3 nitrogen and oxygen atoms in total. The largest absolute Gasteiger partial charge is 0.271 e. The fraction of sp³-hybridized carbons (Fsp3) is 0.0769. The molecule has 0 bridgehead atoms. The molecule has 0 spiro atoms. The smallest absolute Gasteiger partial charge is 0.267 e. The highest BCUT2D eigenvalue weighted by Crippen LogP contribution is 2.22. The second-order valence-corrected chi connectivity index (χ2v) is 6.21. The standard InChI is InChI=1S/C13H10BrFN2OS/c1-8(11-6-7-12(14)19-11)16-17-13(18)9-2-4-10(15)5-3-9/h2-7H,1H3,(H,17,18)/b16-8+. The zero-order valence-corrected chi connectivity index (χ0v) is 12.4. The Bertz CT molecular complexity index is 622. The first kappa shape index (κ1) is 13.9.